The van der Waals surface area contributed by atoms with Crippen LogP contribution < -0.4 is 10.6 Å². The number of carbonyl (C=O) groups is 1. The standard InChI is InChI=1S/C14H22N4O/c1-2-7-15-13-6-3-5-12(17-13)10-18-9-4-8-16-14(19)11-18/h3,5-6H,2,4,7-11H2,1H3,(H,15,17)(H,16,19). The molecule has 0 saturated carbocycles. The summed E-state index contributed by atoms with van der Waals surface area (Å²) in [5.41, 5.74) is 1.01. The molecule has 5 heteroatoms. The fraction of sp³-hybridized carbons (Fsp3) is 0.571. The van der Waals surface area contributed by atoms with E-state index in [1.165, 1.54) is 0 Å². The summed E-state index contributed by atoms with van der Waals surface area (Å²) in [5.74, 6) is 1.02. The third-order valence-corrected chi connectivity index (χ3v) is 3.09. The van der Waals surface area contributed by atoms with Crippen LogP contribution in [0.5, 0.6) is 0 Å². The van der Waals surface area contributed by atoms with E-state index in [1.807, 2.05) is 18.2 Å². The van der Waals surface area contributed by atoms with E-state index in [1.54, 1.807) is 0 Å². The number of anilines is 1. The lowest BCUT2D eigenvalue weighted by Gasteiger charge is -2.18. The number of hydrogen-bond donors (Lipinski definition) is 2. The molecule has 1 aliphatic heterocycles. The first-order valence-electron chi connectivity index (χ1n) is 6.97. The van der Waals surface area contributed by atoms with E-state index in [0.717, 1.165) is 50.5 Å². The highest BCUT2D eigenvalue weighted by atomic mass is 16.2. The summed E-state index contributed by atoms with van der Waals surface area (Å²) < 4.78 is 0. The van der Waals surface area contributed by atoms with Crippen LogP contribution in [0.25, 0.3) is 0 Å². The van der Waals surface area contributed by atoms with Gasteiger partial charge in [-0.3, -0.25) is 9.69 Å². The van der Waals surface area contributed by atoms with Crippen LogP contribution in [0.2, 0.25) is 0 Å². The zero-order valence-electron chi connectivity index (χ0n) is 11.5. The Bertz CT molecular complexity index is 422. The third-order valence-electron chi connectivity index (χ3n) is 3.09. The first-order valence-corrected chi connectivity index (χ1v) is 6.97. The minimum absolute atomic E-state index is 0.109. The number of pyridine rings is 1. The molecule has 0 spiro atoms. The molecular weight excluding hydrogens is 240 g/mol. The molecule has 2 heterocycles. The zero-order chi connectivity index (χ0) is 13.5. The Morgan fingerprint density at radius 2 is 2.37 bits per heavy atom. The lowest BCUT2D eigenvalue weighted by molar-refractivity contribution is -0.121. The number of nitrogens with one attached hydrogen (secondary N) is 2. The lowest BCUT2D eigenvalue weighted by Crippen LogP contribution is -2.32. The Labute approximate surface area is 114 Å². The molecule has 0 bridgehead atoms. The van der Waals surface area contributed by atoms with Gasteiger partial charge in [0.25, 0.3) is 0 Å². The maximum absolute atomic E-state index is 11.5. The minimum atomic E-state index is 0.109. The average molecular weight is 262 g/mol. The highest BCUT2D eigenvalue weighted by molar-refractivity contribution is 5.78. The molecule has 1 fully saturated rings. The Morgan fingerprint density at radius 1 is 1.47 bits per heavy atom. The fourth-order valence-corrected chi connectivity index (χ4v) is 2.15. The van der Waals surface area contributed by atoms with Crippen molar-refractivity contribution in [3.8, 4) is 0 Å². The van der Waals surface area contributed by atoms with Crippen molar-refractivity contribution < 1.29 is 4.79 Å². The molecule has 5 nitrogen and oxygen atoms in total. The molecule has 0 atom stereocenters. The van der Waals surface area contributed by atoms with E-state index in [0.29, 0.717) is 6.54 Å². The van der Waals surface area contributed by atoms with Crippen molar-refractivity contribution in [3.05, 3.63) is 23.9 Å². The van der Waals surface area contributed by atoms with Crippen molar-refractivity contribution in [3.63, 3.8) is 0 Å². The summed E-state index contributed by atoms with van der Waals surface area (Å²) in [6.45, 7) is 5.98. The molecule has 2 N–H and O–H groups in total. The van der Waals surface area contributed by atoms with Gasteiger partial charge in [0, 0.05) is 26.2 Å². The first-order chi connectivity index (χ1) is 9.28. The zero-order valence-corrected chi connectivity index (χ0v) is 11.5. The second-order valence-corrected chi connectivity index (χ2v) is 4.86. The van der Waals surface area contributed by atoms with Gasteiger partial charge in [0.1, 0.15) is 5.82 Å². The van der Waals surface area contributed by atoms with Crippen molar-refractivity contribution in [2.75, 3.05) is 31.5 Å². The van der Waals surface area contributed by atoms with E-state index in [2.05, 4.69) is 27.4 Å². The van der Waals surface area contributed by atoms with E-state index in [9.17, 15) is 4.79 Å². The molecule has 0 aliphatic carbocycles. The van der Waals surface area contributed by atoms with Crippen molar-refractivity contribution in [1.29, 1.82) is 0 Å². The smallest absolute Gasteiger partial charge is 0.234 e. The number of carbonyl (C=O) groups excluding carboxylic acids is 1. The number of nitrogens with zero attached hydrogens (tertiary/aromatic N) is 2. The van der Waals surface area contributed by atoms with Gasteiger partial charge in [0.15, 0.2) is 0 Å². The normalized spacial score (nSPS) is 16.8. The van der Waals surface area contributed by atoms with Crippen LogP contribution in [0.3, 0.4) is 0 Å². The number of rotatable bonds is 5. The Hall–Kier alpha value is -1.62. The van der Waals surface area contributed by atoms with Crippen molar-refractivity contribution in [2.45, 2.75) is 26.3 Å². The summed E-state index contributed by atoms with van der Waals surface area (Å²) in [6, 6.07) is 6.01. The lowest BCUT2D eigenvalue weighted by atomic mass is 10.3. The third kappa shape index (κ3) is 4.52. The van der Waals surface area contributed by atoms with Crippen LogP contribution in [0.15, 0.2) is 18.2 Å². The SMILES string of the molecule is CCCNc1cccc(CN2CCCNC(=O)C2)n1. The van der Waals surface area contributed by atoms with E-state index in [4.69, 9.17) is 0 Å². The molecule has 1 aliphatic rings. The van der Waals surface area contributed by atoms with Gasteiger partial charge in [0.2, 0.25) is 5.91 Å². The second-order valence-electron chi connectivity index (χ2n) is 4.86. The van der Waals surface area contributed by atoms with Gasteiger partial charge in [-0.15, -0.1) is 0 Å². The van der Waals surface area contributed by atoms with Crippen LogP contribution >= 0.6 is 0 Å². The van der Waals surface area contributed by atoms with Gasteiger partial charge in [-0.25, -0.2) is 4.98 Å². The Kier molecular flexibility index (Phi) is 5.15. The van der Waals surface area contributed by atoms with Gasteiger partial charge in [-0.2, -0.15) is 0 Å². The predicted octanol–water partition coefficient (Wildman–Crippen LogP) is 1.23. The van der Waals surface area contributed by atoms with Crippen LogP contribution in [0.4, 0.5) is 5.82 Å². The molecule has 1 aromatic heterocycles. The summed E-state index contributed by atoms with van der Waals surface area (Å²) in [5, 5.41) is 6.17. The van der Waals surface area contributed by atoms with Crippen LogP contribution in [-0.4, -0.2) is 42.0 Å². The topological polar surface area (TPSA) is 57.3 Å². The molecule has 0 radical (unpaired) electrons. The quantitative estimate of drug-likeness (QED) is 0.838. The monoisotopic (exact) mass is 262 g/mol. The largest absolute Gasteiger partial charge is 0.370 e. The van der Waals surface area contributed by atoms with E-state index in [-0.39, 0.29) is 5.91 Å². The number of hydrogen-bond acceptors (Lipinski definition) is 4. The summed E-state index contributed by atoms with van der Waals surface area (Å²) in [4.78, 5) is 18.2. The minimum Gasteiger partial charge on any atom is -0.370 e. The molecule has 1 amide bonds. The van der Waals surface area contributed by atoms with Crippen molar-refractivity contribution in [1.82, 2.24) is 15.2 Å². The molecule has 1 aromatic rings. The van der Waals surface area contributed by atoms with Gasteiger partial charge in [0.05, 0.1) is 12.2 Å². The Balaban J connectivity index is 1.95. The predicted molar refractivity (Wildman–Crippen MR) is 75.9 cm³/mol. The van der Waals surface area contributed by atoms with Gasteiger partial charge in [-0.05, 0) is 25.0 Å². The average Bonchev–Trinajstić information content (AvgIpc) is 2.61. The summed E-state index contributed by atoms with van der Waals surface area (Å²) in [7, 11) is 0. The van der Waals surface area contributed by atoms with Gasteiger partial charge >= 0.3 is 0 Å². The van der Waals surface area contributed by atoms with Crippen LogP contribution in [0, 0.1) is 0 Å². The first kappa shape index (κ1) is 13.8. The molecule has 0 aromatic carbocycles. The Morgan fingerprint density at radius 3 is 3.21 bits per heavy atom. The fourth-order valence-electron chi connectivity index (χ4n) is 2.15. The maximum Gasteiger partial charge on any atom is 0.234 e. The summed E-state index contributed by atoms with van der Waals surface area (Å²) >= 11 is 0. The molecule has 104 valence electrons. The van der Waals surface area contributed by atoms with E-state index < -0.39 is 0 Å². The highest BCUT2D eigenvalue weighted by Crippen LogP contribution is 2.08. The van der Waals surface area contributed by atoms with Crippen molar-refractivity contribution >= 4 is 11.7 Å². The van der Waals surface area contributed by atoms with Gasteiger partial charge in [-0.1, -0.05) is 13.0 Å². The molecule has 19 heavy (non-hydrogen) atoms. The molecule has 2 rings (SSSR count). The second kappa shape index (κ2) is 7.09. The molecular formula is C14H22N4O. The van der Waals surface area contributed by atoms with E-state index >= 15 is 0 Å². The molecule has 0 unspecified atom stereocenters. The maximum atomic E-state index is 11.5. The van der Waals surface area contributed by atoms with Crippen LogP contribution in [-0.2, 0) is 11.3 Å². The van der Waals surface area contributed by atoms with Crippen LogP contribution in [0.1, 0.15) is 25.5 Å². The molecule has 1 saturated heterocycles. The summed E-state index contributed by atoms with van der Waals surface area (Å²) in [6.07, 6.45) is 2.08. The number of aromatic nitrogens is 1. The van der Waals surface area contributed by atoms with Crippen molar-refractivity contribution in [2.24, 2.45) is 0 Å². The number of amides is 1. The highest BCUT2D eigenvalue weighted by Gasteiger charge is 2.15. The van der Waals surface area contributed by atoms with Gasteiger partial charge < -0.3 is 10.6 Å².